The van der Waals surface area contributed by atoms with E-state index in [1.807, 2.05) is 26.0 Å². The highest BCUT2D eigenvalue weighted by Crippen LogP contribution is 2.24. The second kappa shape index (κ2) is 5.31. The molecule has 0 saturated carbocycles. The van der Waals surface area contributed by atoms with Gasteiger partial charge in [-0.1, -0.05) is 6.07 Å². The maximum absolute atomic E-state index is 13.8. The van der Waals surface area contributed by atoms with Crippen molar-refractivity contribution in [3.05, 3.63) is 35.8 Å². The van der Waals surface area contributed by atoms with Gasteiger partial charge in [0.15, 0.2) is 11.6 Å². The fraction of sp³-hybridized carbons (Fsp3) is 0.357. The van der Waals surface area contributed by atoms with Gasteiger partial charge in [-0.05, 0) is 26.0 Å². The second-order valence-corrected chi connectivity index (χ2v) is 4.29. The van der Waals surface area contributed by atoms with Crippen LogP contribution in [0.5, 0.6) is 5.75 Å². The summed E-state index contributed by atoms with van der Waals surface area (Å²) in [5, 5.41) is 0.769. The molecule has 1 heterocycles. The predicted molar refractivity (Wildman–Crippen MR) is 68.4 cm³/mol. The zero-order valence-electron chi connectivity index (χ0n) is 10.7. The van der Waals surface area contributed by atoms with E-state index >= 15 is 0 Å². The number of pyridine rings is 1. The van der Waals surface area contributed by atoms with Gasteiger partial charge in [0.05, 0.1) is 11.6 Å². The minimum absolute atomic E-state index is 0.0782. The first-order chi connectivity index (χ1) is 8.60. The number of halogens is 1. The van der Waals surface area contributed by atoms with E-state index in [0.29, 0.717) is 6.61 Å². The summed E-state index contributed by atoms with van der Waals surface area (Å²) in [6.45, 7) is 4.07. The lowest BCUT2D eigenvalue weighted by molar-refractivity contribution is 0.0702. The Hall–Kier alpha value is -1.68. The monoisotopic (exact) mass is 249 g/mol. The van der Waals surface area contributed by atoms with Crippen LogP contribution in [-0.4, -0.2) is 24.8 Å². The molecule has 0 aliphatic rings. The molecular formula is C14H16FNO2. The Morgan fingerprint density at radius 2 is 2.11 bits per heavy atom. The molecule has 0 fully saturated rings. The molecule has 1 aromatic carbocycles. The lowest BCUT2D eigenvalue weighted by Gasteiger charge is -2.12. The number of hydrogen-bond donors (Lipinski definition) is 0. The fourth-order valence-corrected chi connectivity index (χ4v) is 1.61. The van der Waals surface area contributed by atoms with Gasteiger partial charge in [0.25, 0.3) is 0 Å². The largest absolute Gasteiger partial charge is 0.488 e. The topological polar surface area (TPSA) is 31.4 Å². The van der Waals surface area contributed by atoms with Crippen molar-refractivity contribution >= 4 is 10.9 Å². The van der Waals surface area contributed by atoms with Crippen molar-refractivity contribution in [3.63, 3.8) is 0 Å². The van der Waals surface area contributed by atoms with Gasteiger partial charge in [-0.15, -0.1) is 0 Å². The van der Waals surface area contributed by atoms with E-state index in [1.165, 1.54) is 6.07 Å². The van der Waals surface area contributed by atoms with Crippen LogP contribution < -0.4 is 4.74 Å². The number of aryl methyl sites for hydroxylation is 1. The number of benzene rings is 1. The molecule has 0 aliphatic carbocycles. The molecule has 1 aromatic heterocycles. The third kappa shape index (κ3) is 2.76. The van der Waals surface area contributed by atoms with Crippen molar-refractivity contribution < 1.29 is 13.9 Å². The molecule has 2 aromatic rings. The van der Waals surface area contributed by atoms with Crippen LogP contribution in [0.1, 0.15) is 12.6 Å². The molecule has 0 N–H and O–H groups in total. The summed E-state index contributed by atoms with van der Waals surface area (Å²) in [7, 11) is 1.59. The predicted octanol–water partition coefficient (Wildman–Crippen LogP) is 3.10. The molecule has 1 unspecified atom stereocenters. The van der Waals surface area contributed by atoms with Gasteiger partial charge in [0.2, 0.25) is 0 Å². The fourth-order valence-electron chi connectivity index (χ4n) is 1.61. The molecule has 0 aliphatic heterocycles. The molecule has 2 rings (SSSR count). The summed E-state index contributed by atoms with van der Waals surface area (Å²) in [5.41, 5.74) is 1.63. The SMILES string of the molecule is COC(C)COc1cc2nc(C)ccc2cc1F. The van der Waals surface area contributed by atoms with Crippen LogP contribution in [0.25, 0.3) is 10.9 Å². The number of aromatic nitrogens is 1. The zero-order chi connectivity index (χ0) is 13.1. The van der Waals surface area contributed by atoms with Gasteiger partial charge in [-0.3, -0.25) is 4.98 Å². The Kier molecular flexibility index (Phi) is 3.77. The van der Waals surface area contributed by atoms with Crippen LogP contribution >= 0.6 is 0 Å². The lowest BCUT2D eigenvalue weighted by atomic mass is 10.2. The third-order valence-electron chi connectivity index (χ3n) is 2.76. The number of fused-ring (bicyclic) bond motifs is 1. The quantitative estimate of drug-likeness (QED) is 0.834. The Balaban J connectivity index is 2.30. The molecule has 0 saturated heterocycles. The Bertz CT molecular complexity index is 557. The van der Waals surface area contributed by atoms with Crippen molar-refractivity contribution in [1.29, 1.82) is 0 Å². The molecule has 0 bridgehead atoms. The number of hydrogen-bond acceptors (Lipinski definition) is 3. The maximum atomic E-state index is 13.8. The van der Waals surface area contributed by atoms with E-state index in [4.69, 9.17) is 9.47 Å². The molecule has 3 nitrogen and oxygen atoms in total. The van der Waals surface area contributed by atoms with Crippen molar-refractivity contribution in [2.24, 2.45) is 0 Å². The summed E-state index contributed by atoms with van der Waals surface area (Å²) in [6.07, 6.45) is -0.0782. The number of rotatable bonds is 4. The molecule has 4 heteroatoms. The highest BCUT2D eigenvalue weighted by atomic mass is 19.1. The molecule has 18 heavy (non-hydrogen) atoms. The minimum Gasteiger partial charge on any atom is -0.488 e. The van der Waals surface area contributed by atoms with Gasteiger partial charge in [-0.2, -0.15) is 0 Å². The summed E-state index contributed by atoms with van der Waals surface area (Å²) in [5.74, 6) is -0.166. The first-order valence-electron chi connectivity index (χ1n) is 5.82. The number of methoxy groups -OCH3 is 1. The van der Waals surface area contributed by atoms with Crippen LogP contribution in [-0.2, 0) is 4.74 Å². The minimum atomic E-state index is -0.378. The van der Waals surface area contributed by atoms with E-state index in [1.54, 1.807) is 13.2 Å². The Morgan fingerprint density at radius 1 is 1.33 bits per heavy atom. The third-order valence-corrected chi connectivity index (χ3v) is 2.76. The van der Waals surface area contributed by atoms with Crippen LogP contribution in [0.3, 0.4) is 0 Å². The van der Waals surface area contributed by atoms with Crippen molar-refractivity contribution in [3.8, 4) is 5.75 Å². The van der Waals surface area contributed by atoms with Gasteiger partial charge in [0, 0.05) is 24.3 Å². The van der Waals surface area contributed by atoms with Crippen molar-refractivity contribution in [1.82, 2.24) is 4.98 Å². The van der Waals surface area contributed by atoms with Gasteiger partial charge in [0.1, 0.15) is 6.61 Å². The van der Waals surface area contributed by atoms with E-state index in [9.17, 15) is 4.39 Å². The molecule has 0 amide bonds. The summed E-state index contributed by atoms with van der Waals surface area (Å²) >= 11 is 0. The summed E-state index contributed by atoms with van der Waals surface area (Å²) < 4.78 is 24.2. The second-order valence-electron chi connectivity index (χ2n) is 4.29. The summed E-state index contributed by atoms with van der Waals surface area (Å²) in [6, 6.07) is 6.77. The number of ether oxygens (including phenoxy) is 2. The summed E-state index contributed by atoms with van der Waals surface area (Å²) in [4.78, 5) is 4.35. The molecule has 0 radical (unpaired) electrons. The van der Waals surface area contributed by atoms with E-state index in [2.05, 4.69) is 4.98 Å². The van der Waals surface area contributed by atoms with E-state index in [0.717, 1.165) is 16.6 Å². The van der Waals surface area contributed by atoms with Crippen LogP contribution in [0.4, 0.5) is 4.39 Å². The smallest absolute Gasteiger partial charge is 0.165 e. The first kappa shape index (κ1) is 12.8. The van der Waals surface area contributed by atoms with E-state index in [-0.39, 0.29) is 17.7 Å². The maximum Gasteiger partial charge on any atom is 0.165 e. The molecule has 96 valence electrons. The zero-order valence-corrected chi connectivity index (χ0v) is 10.7. The van der Waals surface area contributed by atoms with Gasteiger partial charge < -0.3 is 9.47 Å². The first-order valence-corrected chi connectivity index (χ1v) is 5.82. The average molecular weight is 249 g/mol. The van der Waals surface area contributed by atoms with Crippen LogP contribution in [0, 0.1) is 12.7 Å². The van der Waals surface area contributed by atoms with E-state index < -0.39 is 0 Å². The van der Waals surface area contributed by atoms with Crippen LogP contribution in [0.2, 0.25) is 0 Å². The normalized spacial score (nSPS) is 12.7. The van der Waals surface area contributed by atoms with Gasteiger partial charge >= 0.3 is 0 Å². The standard InChI is InChI=1S/C14H16FNO2/c1-9-4-5-11-6-12(15)14(7-13(11)16-9)18-8-10(2)17-3/h4-7,10H,8H2,1-3H3. The number of nitrogens with zero attached hydrogens (tertiary/aromatic N) is 1. The van der Waals surface area contributed by atoms with Gasteiger partial charge in [-0.25, -0.2) is 4.39 Å². The molecule has 1 atom stereocenters. The highest BCUT2D eigenvalue weighted by Gasteiger charge is 2.09. The Labute approximate surface area is 106 Å². The average Bonchev–Trinajstić information content (AvgIpc) is 2.36. The Morgan fingerprint density at radius 3 is 2.83 bits per heavy atom. The van der Waals surface area contributed by atoms with Crippen molar-refractivity contribution in [2.75, 3.05) is 13.7 Å². The van der Waals surface area contributed by atoms with Crippen molar-refractivity contribution in [2.45, 2.75) is 20.0 Å². The lowest BCUT2D eigenvalue weighted by Crippen LogP contribution is -2.16. The molecule has 0 spiro atoms. The van der Waals surface area contributed by atoms with Crippen LogP contribution in [0.15, 0.2) is 24.3 Å². The molecular weight excluding hydrogens is 233 g/mol. The highest BCUT2D eigenvalue weighted by molar-refractivity contribution is 5.80.